The average molecular weight is 382 g/mol. The maximum Gasteiger partial charge on any atom is 0.255 e. The Morgan fingerprint density at radius 2 is 2.11 bits per heavy atom. The van der Waals surface area contributed by atoms with Gasteiger partial charge in [0.25, 0.3) is 5.91 Å². The van der Waals surface area contributed by atoms with E-state index in [2.05, 4.69) is 9.97 Å². The zero-order valence-corrected chi connectivity index (χ0v) is 15.6. The largest absolute Gasteiger partial charge is 0.445 e. The van der Waals surface area contributed by atoms with E-state index < -0.39 is 0 Å². The van der Waals surface area contributed by atoms with Gasteiger partial charge in [0, 0.05) is 36.9 Å². The molecule has 3 aromatic rings. The molecule has 4 rings (SSSR count). The molecular weight excluding hydrogens is 362 g/mol. The molecule has 1 atom stereocenters. The van der Waals surface area contributed by atoms with Gasteiger partial charge < -0.3 is 9.32 Å². The topological polar surface area (TPSA) is 59.2 Å². The summed E-state index contributed by atoms with van der Waals surface area (Å²) in [6.45, 7) is 1.36. The molecule has 1 fully saturated rings. The number of likely N-dealkylation sites (tertiary alicyclic amines) is 1. The lowest BCUT2D eigenvalue weighted by Crippen LogP contribution is -2.39. The number of amides is 1. The third kappa shape index (κ3) is 4.03. The molecule has 0 saturated carbocycles. The van der Waals surface area contributed by atoms with Crippen LogP contribution >= 0.6 is 11.6 Å². The van der Waals surface area contributed by atoms with Gasteiger partial charge in [0.1, 0.15) is 5.76 Å². The first-order valence-electron chi connectivity index (χ1n) is 9.08. The second-order valence-electron chi connectivity index (χ2n) is 6.77. The Morgan fingerprint density at radius 1 is 1.22 bits per heavy atom. The SMILES string of the molecule is O=C(c1cccnc1)N1CCC[C@H](c2ncc(Cc3ccccc3Cl)o2)C1. The van der Waals surface area contributed by atoms with Crippen molar-refractivity contribution < 1.29 is 9.21 Å². The van der Waals surface area contributed by atoms with Gasteiger partial charge in [-0.1, -0.05) is 29.8 Å². The molecular formula is C21H20ClN3O2. The number of hydrogen-bond acceptors (Lipinski definition) is 4. The molecule has 138 valence electrons. The third-order valence-electron chi connectivity index (χ3n) is 4.86. The molecule has 1 amide bonds. The highest BCUT2D eigenvalue weighted by Crippen LogP contribution is 2.28. The molecule has 1 aliphatic rings. The summed E-state index contributed by atoms with van der Waals surface area (Å²) in [6, 6.07) is 11.3. The fourth-order valence-electron chi connectivity index (χ4n) is 3.46. The highest BCUT2D eigenvalue weighted by atomic mass is 35.5. The minimum absolute atomic E-state index is 0.00986. The van der Waals surface area contributed by atoms with Gasteiger partial charge in [-0.05, 0) is 36.6 Å². The van der Waals surface area contributed by atoms with Crippen LogP contribution in [0.5, 0.6) is 0 Å². The Labute approximate surface area is 163 Å². The maximum absolute atomic E-state index is 12.7. The highest BCUT2D eigenvalue weighted by molar-refractivity contribution is 6.31. The van der Waals surface area contributed by atoms with Gasteiger partial charge in [-0.25, -0.2) is 4.98 Å². The van der Waals surface area contributed by atoms with E-state index in [1.165, 1.54) is 0 Å². The zero-order valence-electron chi connectivity index (χ0n) is 14.8. The summed E-state index contributed by atoms with van der Waals surface area (Å²) < 4.78 is 6.00. The van der Waals surface area contributed by atoms with E-state index in [1.54, 1.807) is 30.7 Å². The average Bonchev–Trinajstić information content (AvgIpc) is 3.19. The molecule has 0 aliphatic carbocycles. The molecule has 0 N–H and O–H groups in total. The van der Waals surface area contributed by atoms with Crippen LogP contribution in [0.1, 0.15) is 46.3 Å². The number of carbonyl (C=O) groups is 1. The van der Waals surface area contributed by atoms with Gasteiger partial charge in [-0.3, -0.25) is 9.78 Å². The molecule has 1 aliphatic heterocycles. The molecule has 1 aromatic carbocycles. The predicted octanol–water partition coefficient (Wildman–Crippen LogP) is 4.33. The van der Waals surface area contributed by atoms with E-state index in [0.717, 1.165) is 35.7 Å². The number of hydrogen-bond donors (Lipinski definition) is 0. The Hall–Kier alpha value is -2.66. The van der Waals surface area contributed by atoms with Crippen LogP contribution in [0.2, 0.25) is 5.02 Å². The van der Waals surface area contributed by atoms with Crippen molar-refractivity contribution in [3.63, 3.8) is 0 Å². The summed E-state index contributed by atoms with van der Waals surface area (Å²) in [5.74, 6) is 1.60. The van der Waals surface area contributed by atoms with Gasteiger partial charge in [0.05, 0.1) is 17.7 Å². The molecule has 3 heterocycles. The monoisotopic (exact) mass is 381 g/mol. The summed E-state index contributed by atoms with van der Waals surface area (Å²) in [7, 11) is 0. The molecule has 0 unspecified atom stereocenters. The quantitative estimate of drug-likeness (QED) is 0.674. The number of nitrogens with zero attached hydrogens (tertiary/aromatic N) is 3. The number of carbonyl (C=O) groups excluding carboxylic acids is 1. The van der Waals surface area contributed by atoms with E-state index in [1.807, 2.05) is 29.2 Å². The number of halogens is 1. The maximum atomic E-state index is 12.7. The Kier molecular flexibility index (Phi) is 5.21. The van der Waals surface area contributed by atoms with E-state index in [-0.39, 0.29) is 11.8 Å². The van der Waals surface area contributed by atoms with Gasteiger partial charge in [0.15, 0.2) is 5.89 Å². The van der Waals surface area contributed by atoms with Crippen molar-refractivity contribution in [2.75, 3.05) is 13.1 Å². The summed E-state index contributed by atoms with van der Waals surface area (Å²) >= 11 is 6.23. The van der Waals surface area contributed by atoms with Crippen molar-refractivity contribution in [3.05, 3.63) is 82.8 Å². The lowest BCUT2D eigenvalue weighted by atomic mass is 9.97. The van der Waals surface area contributed by atoms with Crippen LogP contribution in [0.3, 0.4) is 0 Å². The van der Waals surface area contributed by atoms with Crippen LogP contribution in [-0.2, 0) is 6.42 Å². The van der Waals surface area contributed by atoms with Crippen LogP contribution < -0.4 is 0 Å². The van der Waals surface area contributed by atoms with Crippen LogP contribution in [0, 0.1) is 0 Å². The Balaban J connectivity index is 1.45. The van der Waals surface area contributed by atoms with Gasteiger partial charge in [-0.2, -0.15) is 0 Å². The second kappa shape index (κ2) is 7.92. The van der Waals surface area contributed by atoms with Crippen molar-refractivity contribution >= 4 is 17.5 Å². The number of piperidine rings is 1. The van der Waals surface area contributed by atoms with Crippen molar-refractivity contribution in [1.82, 2.24) is 14.9 Å². The van der Waals surface area contributed by atoms with Crippen LogP contribution in [0.15, 0.2) is 59.4 Å². The van der Waals surface area contributed by atoms with Crippen molar-refractivity contribution in [2.45, 2.75) is 25.2 Å². The number of pyridine rings is 1. The molecule has 5 nitrogen and oxygen atoms in total. The lowest BCUT2D eigenvalue weighted by Gasteiger charge is -2.31. The van der Waals surface area contributed by atoms with Crippen LogP contribution in [-0.4, -0.2) is 33.9 Å². The van der Waals surface area contributed by atoms with Crippen LogP contribution in [0.25, 0.3) is 0 Å². The fourth-order valence-corrected chi connectivity index (χ4v) is 3.66. The van der Waals surface area contributed by atoms with Crippen LogP contribution in [0.4, 0.5) is 0 Å². The molecule has 1 saturated heterocycles. The number of oxazole rings is 1. The van der Waals surface area contributed by atoms with Gasteiger partial charge in [0.2, 0.25) is 0 Å². The van der Waals surface area contributed by atoms with E-state index in [0.29, 0.717) is 24.4 Å². The highest BCUT2D eigenvalue weighted by Gasteiger charge is 2.28. The smallest absolute Gasteiger partial charge is 0.255 e. The van der Waals surface area contributed by atoms with Gasteiger partial charge >= 0.3 is 0 Å². The first-order valence-corrected chi connectivity index (χ1v) is 9.46. The molecule has 0 radical (unpaired) electrons. The standard InChI is InChI=1S/C21H20ClN3O2/c22-19-8-2-1-5-15(19)11-18-13-24-20(27-18)17-7-4-10-25(14-17)21(26)16-6-3-9-23-12-16/h1-3,5-6,8-9,12-13,17H,4,7,10-11,14H2/t17-/m0/s1. The number of benzene rings is 1. The Morgan fingerprint density at radius 3 is 2.93 bits per heavy atom. The summed E-state index contributed by atoms with van der Waals surface area (Å²) in [5.41, 5.74) is 1.63. The zero-order chi connectivity index (χ0) is 18.6. The minimum Gasteiger partial charge on any atom is -0.445 e. The molecule has 0 bridgehead atoms. The normalized spacial score (nSPS) is 17.1. The first-order chi connectivity index (χ1) is 13.2. The first kappa shape index (κ1) is 17.7. The summed E-state index contributed by atoms with van der Waals surface area (Å²) in [6.07, 6.45) is 7.54. The molecule has 6 heteroatoms. The summed E-state index contributed by atoms with van der Waals surface area (Å²) in [4.78, 5) is 23.1. The van der Waals surface area contributed by atoms with Crippen molar-refractivity contribution in [3.8, 4) is 0 Å². The minimum atomic E-state index is 0.00986. The number of rotatable bonds is 4. The lowest BCUT2D eigenvalue weighted by molar-refractivity contribution is 0.0697. The molecule has 2 aromatic heterocycles. The van der Waals surface area contributed by atoms with Gasteiger partial charge in [-0.15, -0.1) is 0 Å². The number of aromatic nitrogens is 2. The second-order valence-corrected chi connectivity index (χ2v) is 7.17. The van der Waals surface area contributed by atoms with E-state index >= 15 is 0 Å². The van der Waals surface area contributed by atoms with Crippen molar-refractivity contribution in [2.24, 2.45) is 0 Å². The molecule has 0 spiro atoms. The third-order valence-corrected chi connectivity index (χ3v) is 5.23. The summed E-state index contributed by atoms with van der Waals surface area (Å²) in [5, 5.41) is 0.723. The van der Waals surface area contributed by atoms with E-state index in [9.17, 15) is 4.79 Å². The fraction of sp³-hybridized carbons (Fsp3) is 0.286. The van der Waals surface area contributed by atoms with Crippen molar-refractivity contribution in [1.29, 1.82) is 0 Å². The van der Waals surface area contributed by atoms with E-state index in [4.69, 9.17) is 16.0 Å². The molecule has 27 heavy (non-hydrogen) atoms. The Bertz CT molecular complexity index is 926. The predicted molar refractivity (Wildman–Crippen MR) is 103 cm³/mol.